The Hall–Kier alpha value is -2.34. The van der Waals surface area contributed by atoms with Gasteiger partial charge in [0.2, 0.25) is 0 Å². The van der Waals surface area contributed by atoms with E-state index in [1.54, 1.807) is 7.11 Å². The van der Waals surface area contributed by atoms with E-state index < -0.39 is 0 Å². The highest BCUT2D eigenvalue weighted by molar-refractivity contribution is 9.10. The van der Waals surface area contributed by atoms with Gasteiger partial charge in [-0.3, -0.25) is 9.97 Å². The minimum atomic E-state index is 0.894. The molecule has 1 saturated heterocycles. The van der Waals surface area contributed by atoms with Crippen molar-refractivity contribution in [3.05, 3.63) is 53.3 Å². The molecule has 4 rings (SSSR count). The van der Waals surface area contributed by atoms with E-state index in [1.807, 2.05) is 30.6 Å². The van der Waals surface area contributed by atoms with E-state index in [0.29, 0.717) is 0 Å². The largest absolute Gasteiger partial charge is 0.497 e. The molecule has 3 heterocycles. The van der Waals surface area contributed by atoms with Crippen LogP contribution in [0.1, 0.15) is 6.42 Å². The summed E-state index contributed by atoms with van der Waals surface area (Å²) in [6.07, 6.45) is 4.82. The molecule has 0 atom stereocenters. The lowest BCUT2D eigenvalue weighted by Crippen LogP contribution is -2.30. The molecule has 1 aliphatic heterocycles. The number of pyridine rings is 2. The number of fused-ring (bicyclic) bond motifs is 1. The first-order chi connectivity index (χ1) is 12.7. The van der Waals surface area contributed by atoms with Gasteiger partial charge >= 0.3 is 0 Å². The quantitative estimate of drug-likeness (QED) is 0.646. The van der Waals surface area contributed by atoms with E-state index in [9.17, 15) is 0 Å². The van der Waals surface area contributed by atoms with Crippen LogP contribution < -0.4 is 14.5 Å². The van der Waals surface area contributed by atoms with E-state index in [-0.39, 0.29) is 0 Å². The molecular weight excluding hydrogens is 392 g/mol. The lowest BCUT2D eigenvalue weighted by atomic mass is 10.2. The lowest BCUT2D eigenvalue weighted by Gasteiger charge is -2.25. The van der Waals surface area contributed by atoms with Crippen molar-refractivity contribution in [3.63, 3.8) is 0 Å². The molecule has 0 N–H and O–H groups in total. The molecule has 0 aliphatic carbocycles. The fraction of sp³-hybridized carbons (Fsp3) is 0.300. The Morgan fingerprint density at radius 2 is 1.73 bits per heavy atom. The van der Waals surface area contributed by atoms with E-state index in [1.165, 1.54) is 11.4 Å². The number of hydrogen-bond donors (Lipinski definition) is 0. The van der Waals surface area contributed by atoms with Gasteiger partial charge in [-0.25, -0.2) is 0 Å². The molecule has 6 heteroatoms. The van der Waals surface area contributed by atoms with Gasteiger partial charge < -0.3 is 14.5 Å². The predicted molar refractivity (Wildman–Crippen MR) is 109 cm³/mol. The molecule has 0 amide bonds. The summed E-state index contributed by atoms with van der Waals surface area (Å²) in [5.41, 5.74) is 4.30. The average Bonchev–Trinajstić information content (AvgIpc) is 2.93. The third-order valence-corrected chi connectivity index (χ3v) is 5.23. The highest BCUT2D eigenvalue weighted by Gasteiger charge is 2.18. The summed E-state index contributed by atoms with van der Waals surface area (Å²) in [5.74, 6) is 0.894. The second-order valence-corrected chi connectivity index (χ2v) is 7.29. The molecule has 26 heavy (non-hydrogen) atoms. The van der Waals surface area contributed by atoms with Crippen LogP contribution in [0.15, 0.2) is 53.3 Å². The average molecular weight is 413 g/mol. The minimum absolute atomic E-state index is 0.894. The number of ether oxygens (including phenoxy) is 1. The predicted octanol–water partition coefficient (Wildman–Crippen LogP) is 4.12. The molecule has 1 aromatic carbocycles. The van der Waals surface area contributed by atoms with E-state index in [2.05, 4.69) is 53.9 Å². The van der Waals surface area contributed by atoms with Gasteiger partial charge in [0.15, 0.2) is 0 Å². The number of anilines is 2. The van der Waals surface area contributed by atoms with Crippen molar-refractivity contribution >= 4 is 38.3 Å². The fourth-order valence-corrected chi connectivity index (χ4v) is 3.78. The zero-order chi connectivity index (χ0) is 17.9. The molecule has 134 valence electrons. The highest BCUT2D eigenvalue weighted by atomic mass is 79.9. The van der Waals surface area contributed by atoms with Crippen LogP contribution in [-0.2, 0) is 0 Å². The van der Waals surface area contributed by atoms with Crippen molar-refractivity contribution in [1.82, 2.24) is 9.97 Å². The first kappa shape index (κ1) is 17.1. The van der Waals surface area contributed by atoms with Gasteiger partial charge in [0.25, 0.3) is 0 Å². The van der Waals surface area contributed by atoms with Crippen molar-refractivity contribution in [2.75, 3.05) is 43.1 Å². The molecule has 1 aliphatic rings. The van der Waals surface area contributed by atoms with Crippen LogP contribution in [0.2, 0.25) is 0 Å². The lowest BCUT2D eigenvalue weighted by molar-refractivity contribution is 0.415. The molecule has 0 bridgehead atoms. The molecule has 0 radical (unpaired) electrons. The molecule has 0 saturated carbocycles. The molecule has 3 aromatic rings. The Bertz CT molecular complexity index is 900. The summed E-state index contributed by atoms with van der Waals surface area (Å²) in [5, 5.41) is 0. The van der Waals surface area contributed by atoms with E-state index in [0.717, 1.165) is 53.9 Å². The summed E-state index contributed by atoms with van der Waals surface area (Å²) < 4.78 is 6.22. The van der Waals surface area contributed by atoms with E-state index >= 15 is 0 Å². The Morgan fingerprint density at radius 1 is 0.962 bits per heavy atom. The number of aromatic nitrogens is 2. The number of halogens is 1. The fourth-order valence-electron chi connectivity index (χ4n) is 3.46. The maximum absolute atomic E-state index is 5.26. The SMILES string of the molecule is COc1ccc(N2CCCN(c3ccnc4cc(Br)cnc34)CC2)cc1. The van der Waals surface area contributed by atoms with Gasteiger partial charge in [0.05, 0.1) is 18.3 Å². The van der Waals surface area contributed by atoms with Gasteiger partial charge in [0, 0.05) is 48.7 Å². The summed E-state index contributed by atoms with van der Waals surface area (Å²) in [7, 11) is 1.70. The second kappa shape index (κ2) is 7.50. The summed E-state index contributed by atoms with van der Waals surface area (Å²) >= 11 is 3.48. The number of hydrogen-bond acceptors (Lipinski definition) is 5. The van der Waals surface area contributed by atoms with Gasteiger partial charge in [-0.2, -0.15) is 0 Å². The van der Waals surface area contributed by atoms with Crippen LogP contribution in [0, 0.1) is 0 Å². The third-order valence-electron chi connectivity index (χ3n) is 4.80. The Morgan fingerprint density at radius 3 is 2.54 bits per heavy atom. The highest BCUT2D eigenvalue weighted by Crippen LogP contribution is 2.27. The van der Waals surface area contributed by atoms with Crippen molar-refractivity contribution in [2.24, 2.45) is 0 Å². The molecule has 0 spiro atoms. The second-order valence-electron chi connectivity index (χ2n) is 6.38. The van der Waals surface area contributed by atoms with Crippen LogP contribution in [-0.4, -0.2) is 43.3 Å². The van der Waals surface area contributed by atoms with Crippen LogP contribution in [0.25, 0.3) is 11.0 Å². The number of benzene rings is 1. The van der Waals surface area contributed by atoms with Gasteiger partial charge in [0.1, 0.15) is 11.3 Å². The van der Waals surface area contributed by atoms with Crippen molar-refractivity contribution in [3.8, 4) is 5.75 Å². The monoisotopic (exact) mass is 412 g/mol. The maximum atomic E-state index is 5.26. The molecule has 2 aromatic heterocycles. The third kappa shape index (κ3) is 3.46. The zero-order valence-electron chi connectivity index (χ0n) is 14.7. The Labute approximate surface area is 161 Å². The Balaban J connectivity index is 1.55. The summed E-state index contributed by atoms with van der Waals surface area (Å²) in [6.45, 7) is 4.00. The number of methoxy groups -OCH3 is 1. The molecular formula is C20H21BrN4O. The van der Waals surface area contributed by atoms with Crippen molar-refractivity contribution < 1.29 is 4.74 Å². The zero-order valence-corrected chi connectivity index (χ0v) is 16.3. The number of nitrogens with zero attached hydrogens (tertiary/aromatic N) is 4. The van der Waals surface area contributed by atoms with Crippen LogP contribution in [0.5, 0.6) is 5.75 Å². The first-order valence-electron chi connectivity index (χ1n) is 8.79. The standard InChI is InChI=1S/C20H21BrN4O/c1-26-17-5-3-16(4-6-17)24-9-2-10-25(12-11-24)19-7-8-22-18-13-15(21)14-23-20(18)19/h3-8,13-14H,2,9-12H2,1H3. The normalized spacial score (nSPS) is 15.2. The Kier molecular flexibility index (Phi) is 4.93. The minimum Gasteiger partial charge on any atom is -0.497 e. The molecule has 0 unspecified atom stereocenters. The van der Waals surface area contributed by atoms with Gasteiger partial charge in [-0.05, 0) is 58.7 Å². The first-order valence-corrected chi connectivity index (χ1v) is 9.58. The van der Waals surface area contributed by atoms with Gasteiger partial charge in [-0.15, -0.1) is 0 Å². The van der Waals surface area contributed by atoms with Crippen molar-refractivity contribution in [1.29, 1.82) is 0 Å². The van der Waals surface area contributed by atoms with Crippen LogP contribution in [0.4, 0.5) is 11.4 Å². The molecule has 1 fully saturated rings. The smallest absolute Gasteiger partial charge is 0.119 e. The maximum Gasteiger partial charge on any atom is 0.119 e. The summed E-state index contributed by atoms with van der Waals surface area (Å²) in [4.78, 5) is 13.9. The van der Waals surface area contributed by atoms with Crippen LogP contribution >= 0.6 is 15.9 Å². The topological polar surface area (TPSA) is 41.5 Å². The summed E-state index contributed by atoms with van der Waals surface area (Å²) in [6, 6.07) is 12.4. The van der Waals surface area contributed by atoms with Gasteiger partial charge in [-0.1, -0.05) is 0 Å². The van der Waals surface area contributed by atoms with E-state index in [4.69, 9.17) is 4.74 Å². The van der Waals surface area contributed by atoms with Crippen LogP contribution in [0.3, 0.4) is 0 Å². The molecule has 5 nitrogen and oxygen atoms in total. The number of rotatable bonds is 3. The van der Waals surface area contributed by atoms with Crippen molar-refractivity contribution in [2.45, 2.75) is 6.42 Å².